The lowest BCUT2D eigenvalue weighted by Gasteiger charge is -2.20. The van der Waals surface area contributed by atoms with Crippen LogP contribution in [0.3, 0.4) is 0 Å². The molecule has 0 aromatic carbocycles. The molecule has 1 fully saturated rings. The van der Waals surface area contributed by atoms with Crippen LogP contribution in [-0.4, -0.2) is 36.3 Å². The summed E-state index contributed by atoms with van der Waals surface area (Å²) < 4.78 is 11.0. The number of methoxy groups -OCH3 is 1. The zero-order chi connectivity index (χ0) is 14.2. The van der Waals surface area contributed by atoms with Gasteiger partial charge in [0, 0.05) is 19.0 Å². The first-order valence-electron chi connectivity index (χ1n) is 7.55. The van der Waals surface area contributed by atoms with Gasteiger partial charge in [-0.3, -0.25) is 4.98 Å². The van der Waals surface area contributed by atoms with E-state index in [-0.39, 0.29) is 6.04 Å². The molecule has 2 unspecified atom stereocenters. The molecule has 1 aromatic rings. The van der Waals surface area contributed by atoms with Gasteiger partial charge in [-0.25, -0.2) is 4.98 Å². The summed E-state index contributed by atoms with van der Waals surface area (Å²) in [5, 5.41) is 3.55. The largest absolute Gasteiger partial charge is 0.480 e. The van der Waals surface area contributed by atoms with Crippen molar-refractivity contribution in [1.82, 2.24) is 15.3 Å². The van der Waals surface area contributed by atoms with Gasteiger partial charge < -0.3 is 14.8 Å². The van der Waals surface area contributed by atoms with Crippen LogP contribution in [0.5, 0.6) is 5.88 Å². The van der Waals surface area contributed by atoms with Crippen molar-refractivity contribution in [3.8, 4) is 5.88 Å². The normalized spacial score (nSPS) is 20.0. The predicted octanol–water partition coefficient (Wildman–Crippen LogP) is 2.49. The van der Waals surface area contributed by atoms with E-state index < -0.39 is 0 Å². The third kappa shape index (κ3) is 4.15. The second-order valence-corrected chi connectivity index (χ2v) is 5.17. The van der Waals surface area contributed by atoms with Crippen molar-refractivity contribution in [2.45, 2.75) is 51.2 Å². The SMILES string of the molecule is CCCNC(CCC1CCCO1)c1nccnc1OC. The highest BCUT2D eigenvalue weighted by atomic mass is 16.5. The average molecular weight is 279 g/mol. The van der Waals surface area contributed by atoms with Gasteiger partial charge in [0.2, 0.25) is 5.88 Å². The zero-order valence-electron chi connectivity index (χ0n) is 12.5. The molecule has 5 heteroatoms. The molecule has 20 heavy (non-hydrogen) atoms. The third-order valence-corrected chi connectivity index (χ3v) is 3.66. The van der Waals surface area contributed by atoms with Crippen molar-refractivity contribution in [1.29, 1.82) is 0 Å². The first-order valence-corrected chi connectivity index (χ1v) is 7.55. The summed E-state index contributed by atoms with van der Waals surface area (Å²) in [6.45, 7) is 4.04. The lowest BCUT2D eigenvalue weighted by atomic mass is 10.0. The first-order chi connectivity index (χ1) is 9.85. The maximum atomic E-state index is 5.71. The number of hydrogen-bond acceptors (Lipinski definition) is 5. The summed E-state index contributed by atoms with van der Waals surface area (Å²) in [6, 6.07) is 0.183. The first kappa shape index (κ1) is 15.2. The Balaban J connectivity index is 2.01. The monoisotopic (exact) mass is 279 g/mol. The molecule has 0 amide bonds. The van der Waals surface area contributed by atoms with Crippen LogP contribution in [0.1, 0.15) is 50.8 Å². The Labute approximate surface area is 121 Å². The number of aromatic nitrogens is 2. The van der Waals surface area contributed by atoms with Gasteiger partial charge in [0.15, 0.2) is 0 Å². The van der Waals surface area contributed by atoms with Crippen LogP contribution in [0.25, 0.3) is 0 Å². The van der Waals surface area contributed by atoms with E-state index in [0.717, 1.165) is 38.1 Å². The van der Waals surface area contributed by atoms with Gasteiger partial charge in [-0.15, -0.1) is 0 Å². The molecular formula is C15H25N3O2. The molecule has 2 rings (SSSR count). The van der Waals surface area contributed by atoms with Gasteiger partial charge >= 0.3 is 0 Å². The number of rotatable bonds is 8. The van der Waals surface area contributed by atoms with E-state index in [4.69, 9.17) is 9.47 Å². The van der Waals surface area contributed by atoms with E-state index in [1.807, 2.05) is 0 Å². The fourth-order valence-electron chi connectivity index (χ4n) is 2.61. The molecule has 2 atom stereocenters. The van der Waals surface area contributed by atoms with Crippen molar-refractivity contribution < 1.29 is 9.47 Å². The summed E-state index contributed by atoms with van der Waals surface area (Å²) in [5.41, 5.74) is 0.904. The smallest absolute Gasteiger partial charge is 0.236 e. The van der Waals surface area contributed by atoms with E-state index in [0.29, 0.717) is 12.0 Å². The van der Waals surface area contributed by atoms with Crippen LogP contribution < -0.4 is 10.1 Å². The molecule has 1 aliphatic heterocycles. The highest BCUT2D eigenvalue weighted by Gasteiger charge is 2.22. The second-order valence-electron chi connectivity index (χ2n) is 5.17. The van der Waals surface area contributed by atoms with Gasteiger partial charge in [0.05, 0.1) is 19.3 Å². The van der Waals surface area contributed by atoms with E-state index in [2.05, 4.69) is 22.2 Å². The van der Waals surface area contributed by atoms with Crippen LogP contribution in [-0.2, 0) is 4.74 Å². The highest BCUT2D eigenvalue weighted by Crippen LogP contribution is 2.27. The number of nitrogens with zero attached hydrogens (tertiary/aromatic N) is 2. The average Bonchev–Trinajstić information content (AvgIpc) is 3.01. The van der Waals surface area contributed by atoms with Crippen LogP contribution >= 0.6 is 0 Å². The zero-order valence-corrected chi connectivity index (χ0v) is 12.5. The van der Waals surface area contributed by atoms with Gasteiger partial charge in [0.25, 0.3) is 0 Å². The van der Waals surface area contributed by atoms with E-state index in [1.54, 1.807) is 19.5 Å². The van der Waals surface area contributed by atoms with Crippen molar-refractivity contribution in [2.75, 3.05) is 20.3 Å². The molecule has 5 nitrogen and oxygen atoms in total. The molecule has 2 heterocycles. The van der Waals surface area contributed by atoms with E-state index in [1.165, 1.54) is 12.8 Å². The molecule has 0 bridgehead atoms. The summed E-state index contributed by atoms with van der Waals surface area (Å²) in [4.78, 5) is 8.71. The Morgan fingerprint density at radius 3 is 3.00 bits per heavy atom. The maximum Gasteiger partial charge on any atom is 0.236 e. The standard InChI is InChI=1S/C15H25N3O2/c1-3-8-16-13(7-6-12-5-4-11-20-12)14-15(19-2)18-10-9-17-14/h9-10,12-13,16H,3-8,11H2,1-2H3. The topological polar surface area (TPSA) is 56.3 Å². The summed E-state index contributed by atoms with van der Waals surface area (Å²) in [6.07, 6.45) is 9.32. The molecular weight excluding hydrogens is 254 g/mol. The Hall–Kier alpha value is -1.20. The molecule has 0 saturated carbocycles. The minimum Gasteiger partial charge on any atom is -0.480 e. The molecule has 0 spiro atoms. The Bertz CT molecular complexity index is 394. The summed E-state index contributed by atoms with van der Waals surface area (Å²) in [7, 11) is 1.64. The molecule has 0 aliphatic carbocycles. The fourth-order valence-corrected chi connectivity index (χ4v) is 2.61. The quantitative estimate of drug-likeness (QED) is 0.792. The van der Waals surface area contributed by atoms with E-state index >= 15 is 0 Å². The van der Waals surface area contributed by atoms with Crippen molar-refractivity contribution in [3.63, 3.8) is 0 Å². The maximum absolute atomic E-state index is 5.71. The molecule has 1 aromatic heterocycles. The minimum atomic E-state index is 0.183. The Morgan fingerprint density at radius 2 is 2.30 bits per heavy atom. The molecule has 1 N–H and O–H groups in total. The number of ether oxygens (including phenoxy) is 2. The second kappa shape index (κ2) is 8.17. The van der Waals surface area contributed by atoms with Gasteiger partial charge in [-0.1, -0.05) is 6.92 Å². The third-order valence-electron chi connectivity index (χ3n) is 3.66. The summed E-state index contributed by atoms with van der Waals surface area (Å²) in [5.74, 6) is 0.619. The minimum absolute atomic E-state index is 0.183. The van der Waals surface area contributed by atoms with Gasteiger partial charge in [-0.05, 0) is 38.6 Å². The van der Waals surface area contributed by atoms with Gasteiger partial charge in [-0.2, -0.15) is 0 Å². The molecule has 1 aliphatic rings. The van der Waals surface area contributed by atoms with Gasteiger partial charge in [0.1, 0.15) is 5.69 Å². The van der Waals surface area contributed by atoms with E-state index in [9.17, 15) is 0 Å². The van der Waals surface area contributed by atoms with Crippen LogP contribution in [0.4, 0.5) is 0 Å². The lowest BCUT2D eigenvalue weighted by Crippen LogP contribution is -2.25. The molecule has 112 valence electrons. The number of nitrogens with one attached hydrogen (secondary N) is 1. The fraction of sp³-hybridized carbons (Fsp3) is 0.733. The Morgan fingerprint density at radius 1 is 1.45 bits per heavy atom. The van der Waals surface area contributed by atoms with Crippen molar-refractivity contribution in [2.24, 2.45) is 0 Å². The lowest BCUT2D eigenvalue weighted by molar-refractivity contribution is 0.0993. The van der Waals surface area contributed by atoms with Crippen LogP contribution in [0.15, 0.2) is 12.4 Å². The van der Waals surface area contributed by atoms with Crippen molar-refractivity contribution >= 4 is 0 Å². The van der Waals surface area contributed by atoms with Crippen molar-refractivity contribution in [3.05, 3.63) is 18.1 Å². The molecule has 0 radical (unpaired) electrons. The number of hydrogen-bond donors (Lipinski definition) is 1. The highest BCUT2D eigenvalue weighted by molar-refractivity contribution is 5.21. The summed E-state index contributed by atoms with van der Waals surface area (Å²) >= 11 is 0. The molecule has 1 saturated heterocycles. The predicted molar refractivity (Wildman–Crippen MR) is 77.8 cm³/mol. The van der Waals surface area contributed by atoms with Crippen LogP contribution in [0, 0.1) is 0 Å². The van der Waals surface area contributed by atoms with Crippen LogP contribution in [0.2, 0.25) is 0 Å². The Kier molecular flexibility index (Phi) is 6.21.